The highest BCUT2D eigenvalue weighted by molar-refractivity contribution is 5.60. The van der Waals surface area contributed by atoms with Crippen LogP contribution in [-0.4, -0.2) is 24.4 Å². The summed E-state index contributed by atoms with van der Waals surface area (Å²) in [7, 11) is 3.22. The molecule has 34 heavy (non-hydrogen) atoms. The molecule has 0 aliphatic rings. The highest BCUT2D eigenvalue weighted by Gasteiger charge is 2.11. The number of allylic oxidation sites excluding steroid dienone is 7. The van der Waals surface area contributed by atoms with Crippen molar-refractivity contribution < 1.29 is 13.9 Å². The molecule has 0 fully saturated rings. The fraction of sp³-hybridized carbons (Fsp3) is 0.448. The summed E-state index contributed by atoms with van der Waals surface area (Å²) in [6, 6.07) is 5.54. The van der Waals surface area contributed by atoms with Crippen molar-refractivity contribution in [1.82, 2.24) is 10.2 Å². The summed E-state index contributed by atoms with van der Waals surface area (Å²) in [5.74, 6) is 2.26. The van der Waals surface area contributed by atoms with Gasteiger partial charge < -0.3 is 13.9 Å². The number of nitrogens with zero attached hydrogens (tertiary/aromatic N) is 2. The summed E-state index contributed by atoms with van der Waals surface area (Å²) in [6.45, 7) is 10.9. The Kier molecular flexibility index (Phi) is 11.4. The van der Waals surface area contributed by atoms with Crippen LogP contribution in [-0.2, 0) is 0 Å². The largest absolute Gasteiger partial charge is 0.493 e. The molecule has 0 atom stereocenters. The van der Waals surface area contributed by atoms with Gasteiger partial charge in [0.05, 0.1) is 14.2 Å². The van der Waals surface area contributed by atoms with Crippen LogP contribution >= 0.6 is 0 Å². The molecule has 184 valence electrons. The van der Waals surface area contributed by atoms with Crippen molar-refractivity contribution in [2.45, 2.75) is 73.1 Å². The van der Waals surface area contributed by atoms with Crippen LogP contribution in [0.5, 0.6) is 11.5 Å². The van der Waals surface area contributed by atoms with Crippen LogP contribution in [0.4, 0.5) is 0 Å². The maximum atomic E-state index is 5.84. The topological polar surface area (TPSA) is 57.4 Å². The van der Waals surface area contributed by atoms with Gasteiger partial charge in [0.1, 0.15) is 0 Å². The maximum Gasteiger partial charge on any atom is 0.248 e. The van der Waals surface area contributed by atoms with Crippen molar-refractivity contribution in [3.8, 4) is 23.0 Å². The Hall–Kier alpha value is -3.08. The van der Waals surface area contributed by atoms with Gasteiger partial charge in [0.15, 0.2) is 11.5 Å². The molecule has 1 heterocycles. The molecule has 5 nitrogen and oxygen atoms in total. The number of benzene rings is 1. The van der Waals surface area contributed by atoms with Crippen LogP contribution in [0.1, 0.15) is 79.0 Å². The number of hydrogen-bond acceptors (Lipinski definition) is 5. The first-order chi connectivity index (χ1) is 16.3. The molecule has 0 amide bonds. The van der Waals surface area contributed by atoms with E-state index in [9.17, 15) is 0 Å². The second kappa shape index (κ2) is 14.2. The van der Waals surface area contributed by atoms with Crippen molar-refractivity contribution >= 4 is 6.08 Å². The number of hydrogen-bond donors (Lipinski definition) is 0. The summed E-state index contributed by atoms with van der Waals surface area (Å²) < 4.78 is 16.5. The molecule has 5 heteroatoms. The molecule has 0 saturated heterocycles. The van der Waals surface area contributed by atoms with Gasteiger partial charge in [0, 0.05) is 11.6 Å². The Bertz CT molecular complexity index is 1040. The normalized spacial score (nSPS) is 12.6. The lowest BCUT2D eigenvalue weighted by Gasteiger charge is -2.07. The molecule has 0 spiro atoms. The van der Waals surface area contributed by atoms with E-state index in [-0.39, 0.29) is 0 Å². The fourth-order valence-electron chi connectivity index (χ4n) is 3.55. The number of methoxy groups -OCH3 is 2. The van der Waals surface area contributed by atoms with Crippen molar-refractivity contribution in [2.75, 3.05) is 14.2 Å². The van der Waals surface area contributed by atoms with E-state index in [2.05, 4.69) is 63.0 Å². The molecule has 0 aliphatic carbocycles. The van der Waals surface area contributed by atoms with Gasteiger partial charge in [-0.15, -0.1) is 10.2 Å². The van der Waals surface area contributed by atoms with E-state index in [1.165, 1.54) is 22.3 Å². The summed E-state index contributed by atoms with van der Waals surface area (Å²) in [5.41, 5.74) is 6.32. The second-order valence-electron chi connectivity index (χ2n) is 9.00. The SMILES string of the molecule is COc1ccc(-c2nnc(C=C(C)CCC=C(C)CCC=C(C)CCC=C(C)C)o2)cc1OC. The standard InChI is InChI=1S/C29H40N2O3/c1-21(2)11-8-12-22(3)13-9-14-23(4)15-10-16-24(5)19-28-30-31-29(34-28)25-17-18-26(32-6)27(20-25)33-7/h11,13,15,17-20H,8-10,12,14,16H2,1-7H3. The smallest absolute Gasteiger partial charge is 0.248 e. The van der Waals surface area contributed by atoms with E-state index >= 15 is 0 Å². The summed E-state index contributed by atoms with van der Waals surface area (Å²) in [4.78, 5) is 0. The molecule has 0 radical (unpaired) electrons. The van der Waals surface area contributed by atoms with Gasteiger partial charge in [-0.1, -0.05) is 40.5 Å². The van der Waals surface area contributed by atoms with Gasteiger partial charge in [-0.3, -0.25) is 0 Å². The first-order valence-corrected chi connectivity index (χ1v) is 12.0. The zero-order chi connectivity index (χ0) is 24.9. The third kappa shape index (κ3) is 9.42. The lowest BCUT2D eigenvalue weighted by Crippen LogP contribution is -1.90. The molecular formula is C29H40N2O3. The third-order valence-electron chi connectivity index (χ3n) is 5.60. The first-order valence-electron chi connectivity index (χ1n) is 12.0. The van der Waals surface area contributed by atoms with E-state index in [0.717, 1.165) is 44.1 Å². The number of rotatable bonds is 13. The third-order valence-corrected chi connectivity index (χ3v) is 5.60. The van der Waals surface area contributed by atoms with Crippen molar-refractivity contribution in [2.24, 2.45) is 0 Å². The average molecular weight is 465 g/mol. The summed E-state index contributed by atoms with van der Waals surface area (Å²) in [5, 5.41) is 8.35. The van der Waals surface area contributed by atoms with E-state index < -0.39 is 0 Å². The number of aromatic nitrogens is 2. The molecule has 0 N–H and O–H groups in total. The number of ether oxygens (including phenoxy) is 2. The molecule has 1 aromatic heterocycles. The zero-order valence-electron chi connectivity index (χ0n) is 21.9. The van der Waals surface area contributed by atoms with Crippen molar-refractivity contribution in [3.63, 3.8) is 0 Å². The zero-order valence-corrected chi connectivity index (χ0v) is 21.9. The maximum absolute atomic E-state index is 5.84. The Balaban J connectivity index is 1.84. The molecule has 1 aromatic carbocycles. The quantitative estimate of drug-likeness (QED) is 0.279. The highest BCUT2D eigenvalue weighted by atomic mass is 16.5. The van der Waals surface area contributed by atoms with Crippen LogP contribution in [0.3, 0.4) is 0 Å². The predicted molar refractivity (Wildman–Crippen MR) is 141 cm³/mol. The lowest BCUT2D eigenvalue weighted by molar-refractivity contribution is 0.355. The van der Waals surface area contributed by atoms with Gasteiger partial charge in [-0.05, 0) is 91.3 Å². The van der Waals surface area contributed by atoms with Gasteiger partial charge >= 0.3 is 0 Å². The summed E-state index contributed by atoms with van der Waals surface area (Å²) in [6.07, 6.45) is 15.5. The fourth-order valence-corrected chi connectivity index (χ4v) is 3.55. The Morgan fingerprint density at radius 2 is 1.35 bits per heavy atom. The minimum absolute atomic E-state index is 0.458. The van der Waals surface area contributed by atoms with Crippen LogP contribution in [0.25, 0.3) is 17.5 Å². The Morgan fingerprint density at radius 3 is 1.94 bits per heavy atom. The molecule has 2 aromatic rings. The van der Waals surface area contributed by atoms with Crippen LogP contribution in [0.15, 0.2) is 63.1 Å². The van der Waals surface area contributed by atoms with Gasteiger partial charge in [0.25, 0.3) is 0 Å². The first kappa shape index (κ1) is 27.2. The predicted octanol–water partition coefficient (Wildman–Crippen LogP) is 8.36. The summed E-state index contributed by atoms with van der Waals surface area (Å²) >= 11 is 0. The van der Waals surface area contributed by atoms with Crippen LogP contribution < -0.4 is 9.47 Å². The molecule has 0 saturated carbocycles. The average Bonchev–Trinajstić information content (AvgIpc) is 3.26. The molecular weight excluding hydrogens is 424 g/mol. The van der Waals surface area contributed by atoms with Crippen LogP contribution in [0.2, 0.25) is 0 Å². The van der Waals surface area contributed by atoms with E-state index in [0.29, 0.717) is 23.3 Å². The van der Waals surface area contributed by atoms with Crippen molar-refractivity contribution in [3.05, 3.63) is 64.6 Å². The minimum atomic E-state index is 0.458. The molecule has 2 rings (SSSR count). The van der Waals surface area contributed by atoms with E-state index in [1.807, 2.05) is 24.3 Å². The van der Waals surface area contributed by atoms with Crippen LogP contribution in [0, 0.1) is 0 Å². The Labute approximate surface area is 205 Å². The lowest BCUT2D eigenvalue weighted by atomic mass is 10.0. The van der Waals surface area contributed by atoms with E-state index in [1.54, 1.807) is 14.2 Å². The van der Waals surface area contributed by atoms with E-state index in [4.69, 9.17) is 13.9 Å². The molecule has 0 bridgehead atoms. The molecule has 0 unspecified atom stereocenters. The van der Waals surface area contributed by atoms with Gasteiger partial charge in [0.2, 0.25) is 11.8 Å². The van der Waals surface area contributed by atoms with Gasteiger partial charge in [-0.25, -0.2) is 0 Å². The highest BCUT2D eigenvalue weighted by Crippen LogP contribution is 2.32. The second-order valence-corrected chi connectivity index (χ2v) is 9.00. The monoisotopic (exact) mass is 464 g/mol. The minimum Gasteiger partial charge on any atom is -0.493 e. The van der Waals surface area contributed by atoms with Gasteiger partial charge in [-0.2, -0.15) is 0 Å². The molecule has 0 aliphatic heterocycles. The Morgan fingerprint density at radius 1 is 0.765 bits per heavy atom. The van der Waals surface area contributed by atoms with Crippen molar-refractivity contribution in [1.29, 1.82) is 0 Å².